The first-order valence-corrected chi connectivity index (χ1v) is 8.68. The third kappa shape index (κ3) is 3.84. The first-order valence-electron chi connectivity index (χ1n) is 8.68. The Morgan fingerprint density at radius 2 is 1.80 bits per heavy atom. The molecule has 0 aliphatic heterocycles. The van der Waals surface area contributed by atoms with Crippen molar-refractivity contribution in [2.24, 2.45) is 17.3 Å². The first kappa shape index (κ1) is 16.0. The van der Waals surface area contributed by atoms with Crippen molar-refractivity contribution in [3.05, 3.63) is 0 Å². The Morgan fingerprint density at radius 3 is 2.40 bits per heavy atom. The summed E-state index contributed by atoms with van der Waals surface area (Å²) in [6.45, 7) is 11.1. The van der Waals surface area contributed by atoms with E-state index in [1.54, 1.807) is 0 Å². The smallest absolute Gasteiger partial charge is 0.142 e. The van der Waals surface area contributed by atoms with Gasteiger partial charge in [-0.05, 0) is 31.6 Å². The number of carbonyl (C=O) groups excluding carboxylic acids is 1. The molecule has 20 heavy (non-hydrogen) atoms. The molecule has 0 saturated heterocycles. The maximum atomic E-state index is 12.7. The van der Waals surface area contributed by atoms with Gasteiger partial charge >= 0.3 is 0 Å². The molecule has 2 nitrogen and oxygen atoms in total. The molecule has 0 N–H and O–H groups in total. The van der Waals surface area contributed by atoms with E-state index in [1.807, 2.05) is 0 Å². The lowest BCUT2D eigenvalue weighted by molar-refractivity contribution is -0.135. The van der Waals surface area contributed by atoms with Crippen LogP contribution < -0.4 is 0 Å². The molecular formula is C18H33NO. The van der Waals surface area contributed by atoms with Gasteiger partial charge in [0.1, 0.15) is 5.78 Å². The lowest BCUT2D eigenvalue weighted by Crippen LogP contribution is -2.45. The molecule has 116 valence electrons. The number of hydrogen-bond donors (Lipinski definition) is 0. The average Bonchev–Trinajstić information content (AvgIpc) is 2.87. The van der Waals surface area contributed by atoms with Crippen molar-refractivity contribution < 1.29 is 4.79 Å². The standard InChI is InChI=1S/C18H33NO/c1-14(2)12-19(16-9-5-6-10-16)13-15-8-7-11-18(3,4)17(15)20/h14-16H,5-13H2,1-4H3. The van der Waals surface area contributed by atoms with E-state index in [2.05, 4.69) is 32.6 Å². The molecule has 0 aromatic rings. The van der Waals surface area contributed by atoms with Crippen molar-refractivity contribution in [2.45, 2.75) is 78.7 Å². The van der Waals surface area contributed by atoms with Crippen LogP contribution in [-0.4, -0.2) is 29.8 Å². The van der Waals surface area contributed by atoms with Gasteiger partial charge in [0, 0.05) is 30.5 Å². The van der Waals surface area contributed by atoms with Gasteiger partial charge in [-0.15, -0.1) is 0 Å². The summed E-state index contributed by atoms with van der Waals surface area (Å²) in [5, 5.41) is 0. The normalized spacial score (nSPS) is 27.7. The van der Waals surface area contributed by atoms with Crippen molar-refractivity contribution >= 4 is 5.78 Å². The van der Waals surface area contributed by atoms with Crippen LogP contribution in [0.15, 0.2) is 0 Å². The van der Waals surface area contributed by atoms with Crippen LogP contribution in [0.2, 0.25) is 0 Å². The van der Waals surface area contributed by atoms with Crippen LogP contribution in [0.4, 0.5) is 0 Å². The fourth-order valence-corrected chi connectivity index (χ4v) is 4.17. The van der Waals surface area contributed by atoms with Crippen molar-refractivity contribution in [2.75, 3.05) is 13.1 Å². The maximum absolute atomic E-state index is 12.7. The van der Waals surface area contributed by atoms with E-state index < -0.39 is 0 Å². The molecule has 0 amide bonds. The second-order valence-electron chi connectivity index (χ2n) is 8.12. The molecule has 1 atom stereocenters. The first-order chi connectivity index (χ1) is 9.40. The number of Topliss-reactive ketones (excluding diaryl/α,β-unsaturated/α-hetero) is 1. The SMILES string of the molecule is CC(C)CN(CC1CCCC(C)(C)C1=O)C1CCCC1. The predicted octanol–water partition coefficient (Wildman–Crippen LogP) is 4.28. The molecule has 2 aliphatic carbocycles. The molecular weight excluding hydrogens is 246 g/mol. The number of hydrogen-bond acceptors (Lipinski definition) is 2. The fourth-order valence-electron chi connectivity index (χ4n) is 4.17. The van der Waals surface area contributed by atoms with Crippen LogP contribution in [0.1, 0.15) is 72.6 Å². The molecule has 0 bridgehead atoms. The topological polar surface area (TPSA) is 20.3 Å². The molecule has 2 aliphatic rings. The van der Waals surface area contributed by atoms with Crippen LogP contribution in [-0.2, 0) is 4.79 Å². The molecule has 2 rings (SSSR count). The molecule has 0 spiro atoms. The highest BCUT2D eigenvalue weighted by Gasteiger charge is 2.38. The third-order valence-corrected chi connectivity index (χ3v) is 5.29. The molecule has 0 heterocycles. The summed E-state index contributed by atoms with van der Waals surface area (Å²) in [5.74, 6) is 1.51. The molecule has 0 radical (unpaired) electrons. The summed E-state index contributed by atoms with van der Waals surface area (Å²) in [5.41, 5.74) is -0.0813. The van der Waals surface area contributed by atoms with Gasteiger partial charge in [0.2, 0.25) is 0 Å². The van der Waals surface area contributed by atoms with E-state index >= 15 is 0 Å². The quantitative estimate of drug-likeness (QED) is 0.748. The van der Waals surface area contributed by atoms with E-state index in [0.717, 1.165) is 32.0 Å². The van der Waals surface area contributed by atoms with Gasteiger partial charge in [-0.25, -0.2) is 0 Å². The third-order valence-electron chi connectivity index (χ3n) is 5.29. The summed E-state index contributed by atoms with van der Waals surface area (Å²) in [4.78, 5) is 15.3. The van der Waals surface area contributed by atoms with Crippen molar-refractivity contribution in [1.29, 1.82) is 0 Å². The zero-order valence-corrected chi connectivity index (χ0v) is 14.0. The Balaban J connectivity index is 2.00. The molecule has 2 saturated carbocycles. The number of ketones is 1. The highest BCUT2D eigenvalue weighted by Crippen LogP contribution is 2.36. The van der Waals surface area contributed by atoms with Crippen LogP contribution in [0.3, 0.4) is 0 Å². The van der Waals surface area contributed by atoms with Crippen molar-refractivity contribution in [3.63, 3.8) is 0 Å². The van der Waals surface area contributed by atoms with Gasteiger partial charge in [0.15, 0.2) is 0 Å². The Morgan fingerprint density at radius 1 is 1.15 bits per heavy atom. The van der Waals surface area contributed by atoms with Crippen molar-refractivity contribution in [3.8, 4) is 0 Å². The monoisotopic (exact) mass is 279 g/mol. The van der Waals surface area contributed by atoms with Gasteiger partial charge in [-0.3, -0.25) is 9.69 Å². The lowest BCUT2D eigenvalue weighted by atomic mass is 9.71. The van der Waals surface area contributed by atoms with Crippen LogP contribution in [0, 0.1) is 17.3 Å². The second-order valence-corrected chi connectivity index (χ2v) is 8.12. The number of rotatable bonds is 5. The minimum atomic E-state index is -0.0813. The predicted molar refractivity (Wildman–Crippen MR) is 84.8 cm³/mol. The summed E-state index contributed by atoms with van der Waals surface area (Å²) < 4.78 is 0. The highest BCUT2D eigenvalue weighted by molar-refractivity contribution is 5.87. The molecule has 1 unspecified atom stereocenters. The second kappa shape index (κ2) is 6.60. The number of nitrogens with zero attached hydrogens (tertiary/aromatic N) is 1. The summed E-state index contributed by atoms with van der Waals surface area (Å²) in [7, 11) is 0. The Labute approximate surface area is 125 Å². The van der Waals surface area contributed by atoms with Crippen LogP contribution in [0.25, 0.3) is 0 Å². The molecule has 0 aromatic carbocycles. The summed E-state index contributed by atoms with van der Waals surface area (Å²) in [6.07, 6.45) is 8.86. The summed E-state index contributed by atoms with van der Waals surface area (Å²) in [6, 6.07) is 0.746. The zero-order chi connectivity index (χ0) is 14.8. The zero-order valence-electron chi connectivity index (χ0n) is 14.0. The van der Waals surface area contributed by atoms with E-state index in [4.69, 9.17) is 0 Å². The van der Waals surface area contributed by atoms with E-state index in [0.29, 0.717) is 11.7 Å². The van der Waals surface area contributed by atoms with Crippen molar-refractivity contribution in [1.82, 2.24) is 4.90 Å². The molecule has 2 fully saturated rings. The van der Waals surface area contributed by atoms with E-state index in [-0.39, 0.29) is 11.3 Å². The molecule has 2 heteroatoms. The van der Waals surface area contributed by atoms with Crippen LogP contribution >= 0.6 is 0 Å². The highest BCUT2D eigenvalue weighted by atomic mass is 16.1. The van der Waals surface area contributed by atoms with Crippen LogP contribution in [0.5, 0.6) is 0 Å². The van der Waals surface area contributed by atoms with Gasteiger partial charge in [-0.2, -0.15) is 0 Å². The van der Waals surface area contributed by atoms with Gasteiger partial charge in [0.05, 0.1) is 0 Å². The summed E-state index contributed by atoms with van der Waals surface area (Å²) >= 11 is 0. The maximum Gasteiger partial charge on any atom is 0.142 e. The van der Waals surface area contributed by atoms with E-state index in [1.165, 1.54) is 32.1 Å². The minimum absolute atomic E-state index is 0.0813. The minimum Gasteiger partial charge on any atom is -0.299 e. The Kier molecular flexibility index (Phi) is 5.28. The molecule has 0 aromatic heterocycles. The van der Waals surface area contributed by atoms with E-state index in [9.17, 15) is 4.79 Å². The average molecular weight is 279 g/mol. The fraction of sp³-hybridized carbons (Fsp3) is 0.944. The van der Waals surface area contributed by atoms with Gasteiger partial charge in [-0.1, -0.05) is 47.0 Å². The van der Waals surface area contributed by atoms with Gasteiger partial charge < -0.3 is 0 Å². The van der Waals surface area contributed by atoms with Gasteiger partial charge in [0.25, 0.3) is 0 Å². The lowest BCUT2D eigenvalue weighted by Gasteiger charge is -2.38. The Bertz CT molecular complexity index is 328. The number of carbonyl (C=O) groups is 1. The largest absolute Gasteiger partial charge is 0.299 e. The Hall–Kier alpha value is -0.370.